The van der Waals surface area contributed by atoms with Crippen molar-refractivity contribution in [2.45, 2.75) is 26.8 Å². The molecule has 0 bridgehead atoms. The fraction of sp³-hybridized carbons (Fsp3) is 0.217. The van der Waals surface area contributed by atoms with E-state index in [1.54, 1.807) is 11.3 Å². The number of nitrogens with one attached hydrogen (secondary N) is 1. The molecule has 5 aromatic rings. The first-order valence-electron chi connectivity index (χ1n) is 9.73. The number of hydrogen-bond donors (Lipinski definition) is 1. The van der Waals surface area contributed by atoms with Gasteiger partial charge in [-0.2, -0.15) is 0 Å². The summed E-state index contributed by atoms with van der Waals surface area (Å²) in [4.78, 5) is 12.9. The number of imidazole rings is 1. The van der Waals surface area contributed by atoms with Gasteiger partial charge in [0.2, 0.25) is 0 Å². The zero-order chi connectivity index (χ0) is 20.0. The molecular formula is C23H21ClN4S. The van der Waals surface area contributed by atoms with Crippen molar-refractivity contribution in [1.29, 1.82) is 0 Å². The molecule has 29 heavy (non-hydrogen) atoms. The number of benzene rings is 2. The molecule has 2 aromatic carbocycles. The summed E-state index contributed by atoms with van der Waals surface area (Å²) < 4.78 is 2.26. The van der Waals surface area contributed by atoms with Gasteiger partial charge in [-0.1, -0.05) is 43.6 Å². The van der Waals surface area contributed by atoms with Crippen molar-refractivity contribution in [1.82, 2.24) is 19.5 Å². The highest BCUT2D eigenvalue weighted by Crippen LogP contribution is 2.29. The number of nitrogens with zero attached hydrogens (tertiary/aromatic N) is 3. The van der Waals surface area contributed by atoms with E-state index in [1.807, 2.05) is 30.3 Å². The Bertz CT molecular complexity index is 1280. The van der Waals surface area contributed by atoms with Crippen LogP contribution in [0.3, 0.4) is 0 Å². The van der Waals surface area contributed by atoms with Crippen LogP contribution in [0.2, 0.25) is 5.02 Å². The Morgan fingerprint density at radius 1 is 1.14 bits per heavy atom. The minimum atomic E-state index is 0.601. The highest BCUT2D eigenvalue weighted by atomic mass is 35.5. The quantitative estimate of drug-likeness (QED) is 0.350. The van der Waals surface area contributed by atoms with Gasteiger partial charge in [0.25, 0.3) is 0 Å². The lowest BCUT2D eigenvalue weighted by Crippen LogP contribution is -1.98. The summed E-state index contributed by atoms with van der Waals surface area (Å²) in [5.41, 5.74) is 5.40. The monoisotopic (exact) mass is 420 g/mol. The molecule has 6 heteroatoms. The molecule has 1 N–H and O–H groups in total. The number of thiazole rings is 1. The summed E-state index contributed by atoms with van der Waals surface area (Å²) in [6.07, 6.45) is 3.30. The first kappa shape index (κ1) is 18.4. The van der Waals surface area contributed by atoms with Gasteiger partial charge in [-0.05, 0) is 42.2 Å². The first-order valence-corrected chi connectivity index (χ1v) is 11.0. The molecule has 0 saturated carbocycles. The van der Waals surface area contributed by atoms with Gasteiger partial charge >= 0.3 is 0 Å². The summed E-state index contributed by atoms with van der Waals surface area (Å²) >= 11 is 7.95. The standard InChI is InChI=1S/C23H21ClN4S/c1-14(2)9-15-11-28(21-10-16(24)7-8-17(15)21)12-22-25-20(13-29-22)23-26-18-5-3-4-6-19(18)27-23/h3-8,10-11,13-14H,9,12H2,1-2H3,(H,26,27). The summed E-state index contributed by atoms with van der Waals surface area (Å²) in [5, 5.41) is 5.15. The van der Waals surface area contributed by atoms with Crippen LogP contribution in [0.4, 0.5) is 0 Å². The lowest BCUT2D eigenvalue weighted by atomic mass is 10.0. The van der Waals surface area contributed by atoms with Crippen LogP contribution in [0.15, 0.2) is 54.0 Å². The van der Waals surface area contributed by atoms with Crippen LogP contribution < -0.4 is 0 Å². The molecule has 0 aliphatic rings. The van der Waals surface area contributed by atoms with E-state index >= 15 is 0 Å². The molecule has 0 unspecified atom stereocenters. The summed E-state index contributed by atoms with van der Waals surface area (Å²) in [5.74, 6) is 1.42. The summed E-state index contributed by atoms with van der Waals surface area (Å²) in [7, 11) is 0. The van der Waals surface area contributed by atoms with Crippen LogP contribution in [0.5, 0.6) is 0 Å². The van der Waals surface area contributed by atoms with Crippen molar-refractivity contribution in [2.24, 2.45) is 5.92 Å². The Kier molecular flexibility index (Phi) is 4.64. The number of fused-ring (bicyclic) bond motifs is 2. The second-order valence-electron chi connectivity index (χ2n) is 7.77. The largest absolute Gasteiger partial charge is 0.340 e. The van der Waals surface area contributed by atoms with Gasteiger partial charge in [0.05, 0.1) is 23.1 Å². The number of halogens is 1. The van der Waals surface area contributed by atoms with E-state index < -0.39 is 0 Å². The van der Waals surface area contributed by atoms with Crippen LogP contribution in [0.25, 0.3) is 33.5 Å². The van der Waals surface area contributed by atoms with Crippen molar-refractivity contribution >= 4 is 44.9 Å². The minimum Gasteiger partial charge on any atom is -0.340 e. The van der Waals surface area contributed by atoms with Crippen molar-refractivity contribution in [2.75, 3.05) is 0 Å². The van der Waals surface area contributed by atoms with Crippen molar-refractivity contribution in [3.8, 4) is 11.5 Å². The van der Waals surface area contributed by atoms with Gasteiger partial charge in [-0.25, -0.2) is 9.97 Å². The average molecular weight is 421 g/mol. The molecule has 5 rings (SSSR count). The molecule has 0 aliphatic carbocycles. The van der Waals surface area contributed by atoms with Crippen molar-refractivity contribution in [3.63, 3.8) is 0 Å². The van der Waals surface area contributed by atoms with Crippen LogP contribution in [0, 0.1) is 5.92 Å². The van der Waals surface area contributed by atoms with Crippen molar-refractivity contribution < 1.29 is 0 Å². The van der Waals surface area contributed by atoms with Gasteiger partial charge in [-0.3, -0.25) is 0 Å². The average Bonchev–Trinajstić information content (AvgIpc) is 3.39. The highest BCUT2D eigenvalue weighted by Gasteiger charge is 2.14. The fourth-order valence-electron chi connectivity index (χ4n) is 3.79. The van der Waals surface area contributed by atoms with Crippen LogP contribution >= 0.6 is 22.9 Å². The van der Waals surface area contributed by atoms with Crippen LogP contribution in [0.1, 0.15) is 24.4 Å². The SMILES string of the molecule is CC(C)Cc1cn(Cc2nc(-c3nc4ccccc4[nH]3)cs2)c2cc(Cl)ccc12. The zero-order valence-electron chi connectivity index (χ0n) is 16.3. The maximum absolute atomic E-state index is 6.29. The van der Waals surface area contributed by atoms with Gasteiger partial charge in [0.1, 0.15) is 10.7 Å². The molecule has 3 aromatic heterocycles. The normalized spacial score (nSPS) is 11.9. The van der Waals surface area contributed by atoms with Gasteiger partial charge in [0.15, 0.2) is 5.82 Å². The lowest BCUT2D eigenvalue weighted by molar-refractivity contribution is 0.647. The van der Waals surface area contributed by atoms with E-state index in [1.165, 1.54) is 10.9 Å². The molecule has 0 radical (unpaired) electrons. The molecule has 0 amide bonds. The predicted octanol–water partition coefficient (Wildman–Crippen LogP) is 6.54. The topological polar surface area (TPSA) is 46.5 Å². The molecule has 0 spiro atoms. The fourth-order valence-corrected chi connectivity index (χ4v) is 4.73. The Balaban J connectivity index is 1.49. The second-order valence-corrected chi connectivity index (χ2v) is 9.15. The molecule has 0 fully saturated rings. The maximum atomic E-state index is 6.29. The molecule has 0 atom stereocenters. The van der Waals surface area contributed by atoms with Gasteiger partial charge in [-0.15, -0.1) is 11.3 Å². The number of para-hydroxylation sites is 2. The molecule has 4 nitrogen and oxygen atoms in total. The Labute approximate surface area is 178 Å². The van der Waals surface area contributed by atoms with E-state index in [0.717, 1.165) is 51.1 Å². The van der Waals surface area contributed by atoms with Gasteiger partial charge in [0, 0.05) is 22.0 Å². The van der Waals surface area contributed by atoms with E-state index in [2.05, 4.69) is 52.1 Å². The van der Waals surface area contributed by atoms with E-state index in [4.69, 9.17) is 16.6 Å². The molecule has 0 aliphatic heterocycles. The van der Waals surface area contributed by atoms with Crippen LogP contribution in [-0.4, -0.2) is 19.5 Å². The second kappa shape index (κ2) is 7.32. The molecule has 3 heterocycles. The predicted molar refractivity (Wildman–Crippen MR) is 122 cm³/mol. The Morgan fingerprint density at radius 3 is 2.83 bits per heavy atom. The molecule has 146 valence electrons. The summed E-state index contributed by atoms with van der Waals surface area (Å²) in [6, 6.07) is 14.2. The Morgan fingerprint density at radius 2 is 2.00 bits per heavy atom. The highest BCUT2D eigenvalue weighted by molar-refractivity contribution is 7.09. The third-order valence-electron chi connectivity index (χ3n) is 5.04. The number of rotatable bonds is 5. The number of H-pyrrole nitrogens is 1. The number of hydrogen-bond acceptors (Lipinski definition) is 3. The minimum absolute atomic E-state index is 0.601. The maximum Gasteiger partial charge on any atom is 0.158 e. The Hall–Kier alpha value is -2.63. The smallest absolute Gasteiger partial charge is 0.158 e. The first-order chi connectivity index (χ1) is 14.1. The lowest BCUT2D eigenvalue weighted by Gasteiger charge is -2.02. The zero-order valence-corrected chi connectivity index (χ0v) is 17.9. The summed E-state index contributed by atoms with van der Waals surface area (Å²) in [6.45, 7) is 5.22. The van der Waals surface area contributed by atoms with E-state index in [0.29, 0.717) is 5.92 Å². The number of aromatic nitrogens is 4. The van der Waals surface area contributed by atoms with Crippen LogP contribution in [-0.2, 0) is 13.0 Å². The molecule has 0 saturated heterocycles. The van der Waals surface area contributed by atoms with Gasteiger partial charge < -0.3 is 9.55 Å². The van der Waals surface area contributed by atoms with E-state index in [-0.39, 0.29) is 0 Å². The number of aromatic amines is 1. The van der Waals surface area contributed by atoms with Crippen molar-refractivity contribution in [3.05, 3.63) is 69.6 Å². The third kappa shape index (κ3) is 3.56. The molecular weight excluding hydrogens is 400 g/mol. The van der Waals surface area contributed by atoms with E-state index in [9.17, 15) is 0 Å². The third-order valence-corrected chi connectivity index (χ3v) is 6.11.